The average molecular weight is 269 g/mol. The zero-order valence-corrected chi connectivity index (χ0v) is 10.4. The summed E-state index contributed by atoms with van der Waals surface area (Å²) in [4.78, 5) is 11.4. The van der Waals surface area contributed by atoms with Crippen molar-refractivity contribution in [1.29, 1.82) is 0 Å². The predicted molar refractivity (Wildman–Crippen MR) is 57.8 cm³/mol. The molecular formula is C11H18F3NO3. The van der Waals surface area contributed by atoms with Crippen LogP contribution in [0.2, 0.25) is 0 Å². The van der Waals surface area contributed by atoms with Crippen LogP contribution in [0.1, 0.15) is 26.7 Å². The Hall–Kier alpha value is -0.820. The van der Waals surface area contributed by atoms with Gasteiger partial charge in [-0.25, -0.2) is 0 Å². The van der Waals surface area contributed by atoms with Crippen molar-refractivity contribution in [1.82, 2.24) is 5.32 Å². The number of aliphatic hydroxyl groups is 1. The number of nitrogens with one attached hydrogen (secondary N) is 1. The fourth-order valence-electron chi connectivity index (χ4n) is 1.77. The van der Waals surface area contributed by atoms with Gasteiger partial charge in [0.2, 0.25) is 5.91 Å². The second-order valence-electron chi connectivity index (χ2n) is 5.11. The van der Waals surface area contributed by atoms with Gasteiger partial charge in [0, 0.05) is 17.9 Å². The molecule has 1 aliphatic rings. The van der Waals surface area contributed by atoms with Crippen molar-refractivity contribution in [2.24, 2.45) is 5.41 Å². The second kappa shape index (κ2) is 5.44. The Labute approximate surface area is 103 Å². The van der Waals surface area contributed by atoms with Crippen LogP contribution in [0, 0.1) is 5.41 Å². The molecule has 1 saturated carbocycles. The van der Waals surface area contributed by atoms with Crippen molar-refractivity contribution in [3.05, 3.63) is 0 Å². The van der Waals surface area contributed by atoms with E-state index in [0.717, 1.165) is 0 Å². The van der Waals surface area contributed by atoms with E-state index in [2.05, 4.69) is 10.1 Å². The summed E-state index contributed by atoms with van der Waals surface area (Å²) in [7, 11) is 0. The van der Waals surface area contributed by atoms with Gasteiger partial charge >= 0.3 is 6.18 Å². The number of carbonyl (C=O) groups is 1. The van der Waals surface area contributed by atoms with Gasteiger partial charge in [-0.15, -0.1) is 0 Å². The van der Waals surface area contributed by atoms with Gasteiger partial charge in [0.05, 0.1) is 12.7 Å². The lowest BCUT2D eigenvalue weighted by molar-refractivity contribution is -0.175. The first kappa shape index (κ1) is 15.2. The molecule has 0 heterocycles. The topological polar surface area (TPSA) is 58.6 Å². The summed E-state index contributed by atoms with van der Waals surface area (Å²) in [5, 5.41) is 12.1. The molecule has 0 spiro atoms. The molecule has 1 fully saturated rings. The number of hydrogen-bond donors (Lipinski definition) is 2. The SMILES string of the molecule is CC1(C)C(O)CC1NC(=O)CCOCC(F)(F)F. The maximum Gasteiger partial charge on any atom is 0.411 e. The maximum absolute atomic E-state index is 11.7. The number of alkyl halides is 3. The van der Waals surface area contributed by atoms with Crippen LogP contribution in [0.15, 0.2) is 0 Å². The number of aliphatic hydroxyl groups excluding tert-OH is 1. The molecule has 2 unspecified atom stereocenters. The molecule has 2 N–H and O–H groups in total. The molecule has 0 radical (unpaired) electrons. The Bertz CT molecular complexity index is 304. The molecule has 1 rings (SSSR count). The minimum Gasteiger partial charge on any atom is -0.392 e. The summed E-state index contributed by atoms with van der Waals surface area (Å²) in [5.41, 5.74) is -0.386. The van der Waals surface area contributed by atoms with Gasteiger partial charge in [0.25, 0.3) is 0 Å². The van der Waals surface area contributed by atoms with E-state index in [9.17, 15) is 23.1 Å². The first-order chi connectivity index (χ1) is 8.13. The van der Waals surface area contributed by atoms with Crippen molar-refractivity contribution >= 4 is 5.91 Å². The Kier molecular flexibility index (Phi) is 4.61. The normalized spacial score (nSPS) is 26.6. The third-order valence-corrected chi connectivity index (χ3v) is 3.29. The van der Waals surface area contributed by atoms with E-state index in [-0.39, 0.29) is 30.4 Å². The Morgan fingerprint density at radius 2 is 2.11 bits per heavy atom. The zero-order valence-electron chi connectivity index (χ0n) is 10.4. The lowest BCUT2D eigenvalue weighted by Gasteiger charge is -2.49. The molecule has 4 nitrogen and oxygen atoms in total. The van der Waals surface area contributed by atoms with Gasteiger partial charge in [-0.1, -0.05) is 13.8 Å². The summed E-state index contributed by atoms with van der Waals surface area (Å²) < 4.78 is 39.6. The van der Waals surface area contributed by atoms with E-state index < -0.39 is 18.9 Å². The van der Waals surface area contributed by atoms with Gasteiger partial charge in [-0.05, 0) is 6.42 Å². The molecule has 1 amide bonds. The smallest absolute Gasteiger partial charge is 0.392 e. The van der Waals surface area contributed by atoms with Crippen LogP contribution in [0.5, 0.6) is 0 Å². The monoisotopic (exact) mass is 269 g/mol. The van der Waals surface area contributed by atoms with Gasteiger partial charge in [0.15, 0.2) is 0 Å². The van der Waals surface area contributed by atoms with E-state index >= 15 is 0 Å². The Balaban J connectivity index is 2.16. The number of rotatable bonds is 5. The van der Waals surface area contributed by atoms with E-state index in [1.165, 1.54) is 0 Å². The Morgan fingerprint density at radius 3 is 2.56 bits per heavy atom. The van der Waals surface area contributed by atoms with Crippen LogP contribution in [-0.2, 0) is 9.53 Å². The zero-order chi connectivity index (χ0) is 14.0. The van der Waals surface area contributed by atoms with Crippen LogP contribution in [0.25, 0.3) is 0 Å². The fourth-order valence-corrected chi connectivity index (χ4v) is 1.77. The molecule has 106 valence electrons. The highest BCUT2D eigenvalue weighted by Gasteiger charge is 2.47. The molecular weight excluding hydrogens is 251 g/mol. The van der Waals surface area contributed by atoms with Gasteiger partial charge in [-0.3, -0.25) is 4.79 Å². The van der Waals surface area contributed by atoms with E-state index in [0.29, 0.717) is 6.42 Å². The van der Waals surface area contributed by atoms with Crippen LogP contribution in [0.4, 0.5) is 13.2 Å². The molecule has 0 aromatic rings. The third kappa shape index (κ3) is 4.13. The highest BCUT2D eigenvalue weighted by Crippen LogP contribution is 2.40. The lowest BCUT2D eigenvalue weighted by Crippen LogP contribution is -2.61. The highest BCUT2D eigenvalue weighted by molar-refractivity contribution is 5.76. The minimum atomic E-state index is -4.36. The maximum atomic E-state index is 11.7. The minimum absolute atomic E-state index is 0.112. The summed E-state index contributed by atoms with van der Waals surface area (Å²) in [6.07, 6.45) is -4.46. The Morgan fingerprint density at radius 1 is 1.50 bits per heavy atom. The van der Waals surface area contributed by atoms with Crippen molar-refractivity contribution in [3.8, 4) is 0 Å². The summed E-state index contributed by atoms with van der Waals surface area (Å²) >= 11 is 0. The molecule has 2 atom stereocenters. The van der Waals surface area contributed by atoms with Crippen molar-refractivity contribution in [3.63, 3.8) is 0 Å². The van der Waals surface area contributed by atoms with E-state index in [4.69, 9.17) is 0 Å². The number of amides is 1. The quantitative estimate of drug-likeness (QED) is 0.738. The van der Waals surface area contributed by atoms with Gasteiger partial charge in [0.1, 0.15) is 6.61 Å². The first-order valence-electron chi connectivity index (χ1n) is 5.75. The lowest BCUT2D eigenvalue weighted by atomic mass is 9.64. The fraction of sp³-hybridized carbons (Fsp3) is 0.909. The number of hydrogen-bond acceptors (Lipinski definition) is 3. The molecule has 18 heavy (non-hydrogen) atoms. The molecule has 0 aliphatic heterocycles. The highest BCUT2D eigenvalue weighted by atomic mass is 19.4. The van der Waals surface area contributed by atoms with Crippen molar-refractivity contribution in [2.75, 3.05) is 13.2 Å². The summed E-state index contributed by atoms with van der Waals surface area (Å²) in [6.45, 7) is 2.05. The molecule has 1 aliphatic carbocycles. The third-order valence-electron chi connectivity index (χ3n) is 3.29. The summed E-state index contributed by atoms with van der Waals surface area (Å²) in [6, 6.07) is -0.136. The predicted octanol–water partition coefficient (Wildman–Crippen LogP) is 1.23. The van der Waals surface area contributed by atoms with E-state index in [1.807, 2.05) is 13.8 Å². The second-order valence-corrected chi connectivity index (χ2v) is 5.11. The number of ether oxygens (including phenoxy) is 1. The van der Waals surface area contributed by atoms with Crippen LogP contribution in [0.3, 0.4) is 0 Å². The largest absolute Gasteiger partial charge is 0.411 e. The van der Waals surface area contributed by atoms with Crippen LogP contribution >= 0.6 is 0 Å². The average Bonchev–Trinajstić information content (AvgIpc) is 2.23. The molecule has 7 heteroatoms. The van der Waals surface area contributed by atoms with Crippen LogP contribution in [-0.4, -0.2) is 42.5 Å². The number of halogens is 3. The van der Waals surface area contributed by atoms with E-state index in [1.54, 1.807) is 0 Å². The van der Waals surface area contributed by atoms with Gasteiger partial charge < -0.3 is 15.2 Å². The molecule has 0 bridgehead atoms. The van der Waals surface area contributed by atoms with Gasteiger partial charge in [-0.2, -0.15) is 13.2 Å². The van der Waals surface area contributed by atoms with Crippen molar-refractivity contribution < 1.29 is 27.8 Å². The first-order valence-corrected chi connectivity index (χ1v) is 5.75. The number of carbonyl (C=O) groups excluding carboxylic acids is 1. The standard InChI is InChI=1S/C11H18F3NO3/c1-10(2)7(5-8(10)16)15-9(17)3-4-18-6-11(12,13)14/h7-8,16H,3-6H2,1-2H3,(H,15,17). The molecule has 0 aromatic carbocycles. The summed E-state index contributed by atoms with van der Waals surface area (Å²) in [5.74, 6) is -0.359. The van der Waals surface area contributed by atoms with Crippen LogP contribution < -0.4 is 5.32 Å². The molecule has 0 saturated heterocycles. The molecule has 0 aromatic heterocycles. The van der Waals surface area contributed by atoms with Crippen molar-refractivity contribution in [2.45, 2.75) is 45.0 Å².